The highest BCUT2D eigenvalue weighted by molar-refractivity contribution is 7.80. The van der Waals surface area contributed by atoms with Crippen LogP contribution in [0.3, 0.4) is 0 Å². The van der Waals surface area contributed by atoms with Crippen LogP contribution in [0.2, 0.25) is 5.02 Å². The van der Waals surface area contributed by atoms with Gasteiger partial charge in [-0.2, -0.15) is 5.10 Å². The third kappa shape index (κ3) is 3.35. The van der Waals surface area contributed by atoms with Crippen LogP contribution >= 0.6 is 23.8 Å². The standard InChI is InChI=1S/C10H17ClN4S/c1-7(2)13-10(16)14(3)6-9-8(11)5-12-15(9)4/h5,7H,6H2,1-4H3,(H,13,16). The van der Waals surface area contributed by atoms with E-state index in [0.29, 0.717) is 22.7 Å². The number of hydrogen-bond acceptors (Lipinski definition) is 2. The van der Waals surface area contributed by atoms with Crippen molar-refractivity contribution < 1.29 is 0 Å². The second-order valence-electron chi connectivity index (χ2n) is 4.02. The normalized spacial score (nSPS) is 10.6. The lowest BCUT2D eigenvalue weighted by Crippen LogP contribution is -2.40. The van der Waals surface area contributed by atoms with Gasteiger partial charge in [0.05, 0.1) is 23.5 Å². The Labute approximate surface area is 107 Å². The summed E-state index contributed by atoms with van der Waals surface area (Å²) in [4.78, 5) is 1.94. The van der Waals surface area contributed by atoms with Crippen LogP contribution in [0.1, 0.15) is 19.5 Å². The molecular formula is C10H17ClN4S. The zero-order chi connectivity index (χ0) is 12.3. The minimum atomic E-state index is 0.331. The second-order valence-corrected chi connectivity index (χ2v) is 4.82. The van der Waals surface area contributed by atoms with Crippen LogP contribution in [-0.4, -0.2) is 32.9 Å². The van der Waals surface area contributed by atoms with E-state index in [4.69, 9.17) is 23.8 Å². The molecule has 0 atom stereocenters. The number of nitrogens with one attached hydrogen (secondary N) is 1. The van der Waals surface area contributed by atoms with E-state index in [9.17, 15) is 0 Å². The van der Waals surface area contributed by atoms with Crippen molar-refractivity contribution in [2.24, 2.45) is 7.05 Å². The lowest BCUT2D eigenvalue weighted by molar-refractivity contribution is 0.460. The van der Waals surface area contributed by atoms with Crippen LogP contribution in [-0.2, 0) is 13.6 Å². The quantitative estimate of drug-likeness (QED) is 0.840. The third-order valence-corrected chi connectivity index (χ3v) is 2.90. The van der Waals surface area contributed by atoms with Crippen molar-refractivity contribution in [1.29, 1.82) is 0 Å². The van der Waals surface area contributed by atoms with Crippen LogP contribution < -0.4 is 5.32 Å². The van der Waals surface area contributed by atoms with Gasteiger partial charge in [0.1, 0.15) is 0 Å². The molecule has 1 aromatic heterocycles. The number of rotatable bonds is 3. The molecule has 1 N–H and O–H groups in total. The second kappa shape index (κ2) is 5.50. The summed E-state index contributed by atoms with van der Waals surface area (Å²) in [7, 11) is 3.80. The lowest BCUT2D eigenvalue weighted by atomic mass is 10.4. The molecule has 4 nitrogen and oxygen atoms in total. The molecule has 0 fully saturated rings. The maximum atomic E-state index is 6.03. The summed E-state index contributed by atoms with van der Waals surface area (Å²) in [5.74, 6) is 0. The minimum absolute atomic E-state index is 0.331. The number of hydrogen-bond donors (Lipinski definition) is 1. The predicted octanol–water partition coefficient (Wildman–Crippen LogP) is 1.79. The molecule has 0 aliphatic rings. The van der Waals surface area contributed by atoms with E-state index < -0.39 is 0 Å². The van der Waals surface area contributed by atoms with Gasteiger partial charge >= 0.3 is 0 Å². The molecule has 0 radical (unpaired) electrons. The highest BCUT2D eigenvalue weighted by Crippen LogP contribution is 2.15. The number of nitrogens with zero attached hydrogens (tertiary/aromatic N) is 3. The summed E-state index contributed by atoms with van der Waals surface area (Å²) < 4.78 is 1.76. The maximum Gasteiger partial charge on any atom is 0.169 e. The molecule has 0 amide bonds. The largest absolute Gasteiger partial charge is 0.360 e. The SMILES string of the molecule is CC(C)NC(=S)N(C)Cc1c(Cl)cnn1C. The van der Waals surface area contributed by atoms with Gasteiger partial charge in [0.2, 0.25) is 0 Å². The first-order chi connectivity index (χ1) is 7.41. The Kier molecular flexibility index (Phi) is 4.56. The van der Waals surface area contributed by atoms with Gasteiger partial charge in [-0.15, -0.1) is 0 Å². The highest BCUT2D eigenvalue weighted by atomic mass is 35.5. The molecule has 1 heterocycles. The topological polar surface area (TPSA) is 33.1 Å². The Balaban J connectivity index is 2.64. The van der Waals surface area contributed by atoms with E-state index in [-0.39, 0.29) is 0 Å². The summed E-state index contributed by atoms with van der Waals surface area (Å²) >= 11 is 11.3. The fraction of sp³-hybridized carbons (Fsp3) is 0.600. The number of aryl methyl sites for hydroxylation is 1. The molecule has 1 rings (SSSR count). The smallest absolute Gasteiger partial charge is 0.169 e. The van der Waals surface area contributed by atoms with Gasteiger partial charge in [-0.1, -0.05) is 11.6 Å². The first-order valence-electron chi connectivity index (χ1n) is 5.09. The van der Waals surface area contributed by atoms with Crippen LogP contribution in [0, 0.1) is 0 Å². The molecule has 0 saturated heterocycles. The fourth-order valence-electron chi connectivity index (χ4n) is 1.27. The zero-order valence-corrected chi connectivity index (χ0v) is 11.6. The van der Waals surface area contributed by atoms with Crippen molar-refractivity contribution in [2.45, 2.75) is 26.4 Å². The molecule has 16 heavy (non-hydrogen) atoms. The zero-order valence-electron chi connectivity index (χ0n) is 9.99. The van der Waals surface area contributed by atoms with Gasteiger partial charge in [-0.25, -0.2) is 0 Å². The van der Waals surface area contributed by atoms with Gasteiger partial charge in [0.15, 0.2) is 5.11 Å². The van der Waals surface area contributed by atoms with Crippen LogP contribution in [0.25, 0.3) is 0 Å². The number of aromatic nitrogens is 2. The van der Waals surface area contributed by atoms with Gasteiger partial charge in [-0.3, -0.25) is 4.68 Å². The molecule has 0 spiro atoms. The van der Waals surface area contributed by atoms with Crippen molar-refractivity contribution in [2.75, 3.05) is 7.05 Å². The Morgan fingerprint density at radius 1 is 1.69 bits per heavy atom. The predicted molar refractivity (Wildman–Crippen MR) is 70.6 cm³/mol. The van der Waals surface area contributed by atoms with Crippen LogP contribution in [0.4, 0.5) is 0 Å². The Morgan fingerprint density at radius 3 is 2.75 bits per heavy atom. The fourth-order valence-corrected chi connectivity index (χ4v) is 1.79. The summed E-state index contributed by atoms with van der Waals surface area (Å²) in [6.45, 7) is 4.75. The highest BCUT2D eigenvalue weighted by Gasteiger charge is 2.11. The summed E-state index contributed by atoms with van der Waals surface area (Å²) in [5.41, 5.74) is 0.956. The van der Waals surface area contributed by atoms with Crippen molar-refractivity contribution in [3.05, 3.63) is 16.9 Å². The van der Waals surface area contributed by atoms with Gasteiger partial charge in [-0.05, 0) is 26.1 Å². The monoisotopic (exact) mass is 260 g/mol. The average molecular weight is 261 g/mol. The molecule has 0 aromatic carbocycles. The molecule has 0 saturated carbocycles. The molecule has 6 heteroatoms. The molecular weight excluding hydrogens is 244 g/mol. The van der Waals surface area contributed by atoms with E-state index in [0.717, 1.165) is 5.69 Å². The summed E-state index contributed by atoms with van der Waals surface area (Å²) in [6.07, 6.45) is 1.64. The molecule has 0 bridgehead atoms. The van der Waals surface area contributed by atoms with Gasteiger partial charge in [0.25, 0.3) is 0 Å². The first-order valence-corrected chi connectivity index (χ1v) is 5.88. The Bertz CT molecular complexity index is 355. The van der Waals surface area contributed by atoms with Crippen molar-refractivity contribution in [3.63, 3.8) is 0 Å². The number of halogens is 1. The lowest BCUT2D eigenvalue weighted by Gasteiger charge is -2.22. The third-order valence-electron chi connectivity index (χ3n) is 2.16. The molecule has 0 unspecified atom stereocenters. The molecule has 1 aromatic rings. The van der Waals surface area contributed by atoms with E-state index in [1.165, 1.54) is 0 Å². The summed E-state index contributed by atoms with van der Waals surface area (Å²) in [5, 5.41) is 8.65. The van der Waals surface area contributed by atoms with E-state index in [1.54, 1.807) is 10.9 Å². The molecule has 0 aliphatic carbocycles. The van der Waals surface area contributed by atoms with Crippen LogP contribution in [0.5, 0.6) is 0 Å². The van der Waals surface area contributed by atoms with Crippen molar-refractivity contribution in [3.8, 4) is 0 Å². The van der Waals surface area contributed by atoms with E-state index in [2.05, 4.69) is 24.3 Å². The Morgan fingerprint density at radius 2 is 2.31 bits per heavy atom. The molecule has 90 valence electrons. The van der Waals surface area contributed by atoms with Gasteiger partial charge in [0, 0.05) is 20.1 Å². The van der Waals surface area contributed by atoms with Crippen molar-refractivity contribution >= 4 is 28.9 Å². The average Bonchev–Trinajstić information content (AvgIpc) is 2.48. The maximum absolute atomic E-state index is 6.03. The number of thiocarbonyl (C=S) groups is 1. The van der Waals surface area contributed by atoms with Crippen LogP contribution in [0.15, 0.2) is 6.20 Å². The van der Waals surface area contributed by atoms with E-state index >= 15 is 0 Å². The van der Waals surface area contributed by atoms with Crippen molar-refractivity contribution in [1.82, 2.24) is 20.0 Å². The first kappa shape index (κ1) is 13.3. The molecule has 0 aliphatic heterocycles. The van der Waals surface area contributed by atoms with E-state index in [1.807, 2.05) is 19.0 Å². The minimum Gasteiger partial charge on any atom is -0.360 e. The van der Waals surface area contributed by atoms with Gasteiger partial charge < -0.3 is 10.2 Å². The Hall–Kier alpha value is -0.810. The summed E-state index contributed by atoms with van der Waals surface area (Å²) in [6, 6.07) is 0.331.